The summed E-state index contributed by atoms with van der Waals surface area (Å²) in [5.41, 5.74) is 0. The van der Waals surface area contributed by atoms with Gasteiger partial charge in [-0.1, -0.05) is 5.92 Å². The van der Waals surface area contributed by atoms with Crippen molar-refractivity contribution in [2.45, 2.75) is 12.2 Å². The second-order valence-electron chi connectivity index (χ2n) is 1.02. The lowest BCUT2D eigenvalue weighted by atomic mass is 10.5. The average molecular weight is 111 g/mol. The fourth-order valence-electron chi connectivity index (χ4n) is 0.113. The Labute approximate surface area is 47.7 Å². The molecule has 1 unspecified atom stereocenters. The van der Waals surface area contributed by atoms with E-state index < -0.39 is 0 Å². The summed E-state index contributed by atoms with van der Waals surface area (Å²) in [6, 6.07) is 0. The van der Waals surface area contributed by atoms with Gasteiger partial charge in [0.1, 0.15) is 5.40 Å². The zero-order valence-electron chi connectivity index (χ0n) is 4.01. The van der Waals surface area contributed by atoms with Crippen LogP contribution in [0.2, 0.25) is 0 Å². The van der Waals surface area contributed by atoms with Gasteiger partial charge in [0, 0.05) is 0 Å². The average Bonchev–Trinajstić information content (AvgIpc) is 1.68. The van der Waals surface area contributed by atoms with Crippen LogP contribution < -0.4 is 0 Å². The molecule has 0 spiro atoms. The molecule has 0 aliphatic heterocycles. The zero-order chi connectivity index (χ0) is 5.70. The Hall–Kier alpha value is -0.600. The molecule has 0 aromatic carbocycles. The van der Waals surface area contributed by atoms with Gasteiger partial charge in [0.15, 0.2) is 0 Å². The Morgan fingerprint density at radius 3 is 2.57 bits per heavy atom. The van der Waals surface area contributed by atoms with Gasteiger partial charge in [0.05, 0.1) is 5.25 Å². The quantitative estimate of drug-likeness (QED) is 0.375. The molecule has 0 saturated carbocycles. The maximum Gasteiger partial charge on any atom is 0.134 e. The van der Waals surface area contributed by atoms with Crippen molar-refractivity contribution in [1.29, 1.82) is 5.26 Å². The highest BCUT2D eigenvalue weighted by Crippen LogP contribution is 2.04. The van der Waals surface area contributed by atoms with Gasteiger partial charge in [-0.25, -0.2) is 0 Å². The predicted octanol–water partition coefficient (Wildman–Crippen LogP) is 1.22. The van der Waals surface area contributed by atoms with Crippen LogP contribution in [0.15, 0.2) is 0 Å². The van der Waals surface area contributed by atoms with Crippen molar-refractivity contribution in [2.75, 3.05) is 0 Å². The van der Waals surface area contributed by atoms with E-state index in [4.69, 9.17) is 11.7 Å². The van der Waals surface area contributed by atoms with E-state index in [0.29, 0.717) is 0 Å². The summed E-state index contributed by atoms with van der Waals surface area (Å²) in [6.07, 6.45) is 4.94. The summed E-state index contributed by atoms with van der Waals surface area (Å²) in [5.74, 6) is 2.41. The number of nitriles is 1. The van der Waals surface area contributed by atoms with Crippen LogP contribution in [0.4, 0.5) is 0 Å². The van der Waals surface area contributed by atoms with Gasteiger partial charge in [-0.2, -0.15) is 5.26 Å². The van der Waals surface area contributed by atoms with E-state index >= 15 is 0 Å². The van der Waals surface area contributed by atoms with Gasteiger partial charge in [-0.3, -0.25) is 0 Å². The molecule has 0 N–H and O–H groups in total. The van der Waals surface area contributed by atoms with Crippen molar-refractivity contribution in [3.63, 3.8) is 0 Å². The maximum absolute atomic E-state index is 7.99. The van der Waals surface area contributed by atoms with Gasteiger partial charge in [-0.15, -0.1) is 6.42 Å². The summed E-state index contributed by atoms with van der Waals surface area (Å²) in [7, 11) is 0. The van der Waals surface area contributed by atoms with Crippen molar-refractivity contribution in [3.8, 4) is 17.7 Å². The van der Waals surface area contributed by atoms with E-state index in [0.717, 1.165) is 11.8 Å². The first-order valence-corrected chi connectivity index (χ1v) is 2.70. The highest BCUT2D eigenvalue weighted by molar-refractivity contribution is 8.04. The van der Waals surface area contributed by atoms with Gasteiger partial charge in [0.25, 0.3) is 0 Å². The van der Waals surface area contributed by atoms with Gasteiger partial charge in [0.2, 0.25) is 0 Å². The van der Waals surface area contributed by atoms with Gasteiger partial charge >= 0.3 is 0 Å². The molecule has 0 bridgehead atoms. The summed E-state index contributed by atoms with van der Waals surface area (Å²) in [4.78, 5) is 0. The minimum absolute atomic E-state index is 0.0324. The fourth-order valence-corrected chi connectivity index (χ4v) is 0.339. The highest BCUT2D eigenvalue weighted by atomic mass is 32.2. The molecule has 0 amide bonds. The first kappa shape index (κ1) is 6.40. The lowest BCUT2D eigenvalue weighted by Gasteiger charge is -1.87. The minimum Gasteiger partial charge on any atom is -0.185 e. The molecule has 0 aromatic heterocycles. The third-order valence-electron chi connectivity index (χ3n) is 0.464. The van der Waals surface area contributed by atoms with E-state index in [9.17, 15) is 0 Å². The van der Waals surface area contributed by atoms with E-state index in [2.05, 4.69) is 5.92 Å². The van der Waals surface area contributed by atoms with E-state index in [1.54, 1.807) is 0 Å². The Bertz CT molecular complexity index is 117. The number of thiocyanates is 1. The number of terminal acetylenes is 1. The Balaban J connectivity index is 3.27. The van der Waals surface area contributed by atoms with Crippen LogP contribution in [0.25, 0.3) is 0 Å². The molecule has 0 aromatic rings. The molecule has 2 heteroatoms. The molecule has 0 rings (SSSR count). The number of hydrogen-bond acceptors (Lipinski definition) is 2. The number of nitrogens with zero attached hydrogens (tertiary/aromatic N) is 1. The summed E-state index contributed by atoms with van der Waals surface area (Å²) in [5, 5.41) is 9.91. The molecule has 0 aliphatic rings. The number of rotatable bonds is 1. The lowest BCUT2D eigenvalue weighted by Crippen LogP contribution is -1.84. The normalized spacial score (nSPS) is 11.3. The molecule has 1 nitrogen and oxygen atoms in total. The maximum atomic E-state index is 7.99. The van der Waals surface area contributed by atoms with Crippen LogP contribution in [0.3, 0.4) is 0 Å². The highest BCUT2D eigenvalue weighted by Gasteiger charge is 1.90. The molecule has 0 saturated heterocycles. The summed E-state index contributed by atoms with van der Waals surface area (Å²) in [6.45, 7) is 1.81. The molecule has 7 heavy (non-hydrogen) atoms. The number of hydrogen-bond donors (Lipinski definition) is 0. The van der Waals surface area contributed by atoms with Crippen LogP contribution in [0, 0.1) is 23.0 Å². The topological polar surface area (TPSA) is 23.8 Å². The number of thioether (sulfide) groups is 1. The van der Waals surface area contributed by atoms with E-state index in [-0.39, 0.29) is 5.25 Å². The molecule has 36 valence electrons. The molecular formula is C5H5NS. The molecule has 0 aliphatic carbocycles. The van der Waals surface area contributed by atoms with Crippen molar-refractivity contribution >= 4 is 11.8 Å². The molecule has 0 fully saturated rings. The van der Waals surface area contributed by atoms with Crippen molar-refractivity contribution < 1.29 is 0 Å². The standard InChI is InChI=1S/C5H5NS/c1-3-5(2)7-4-6/h1,5H,2H3. The van der Waals surface area contributed by atoms with Crippen LogP contribution in [-0.4, -0.2) is 5.25 Å². The second kappa shape index (κ2) is 3.59. The predicted molar refractivity (Wildman–Crippen MR) is 31.5 cm³/mol. The fraction of sp³-hybridized carbons (Fsp3) is 0.400. The molecule has 1 atom stereocenters. The SMILES string of the molecule is C#CC(C)SC#N. The van der Waals surface area contributed by atoms with Crippen LogP contribution >= 0.6 is 11.8 Å². The summed E-state index contributed by atoms with van der Waals surface area (Å²) < 4.78 is 0. The minimum atomic E-state index is 0.0324. The Morgan fingerprint density at radius 1 is 1.86 bits per heavy atom. The van der Waals surface area contributed by atoms with Crippen molar-refractivity contribution in [3.05, 3.63) is 0 Å². The molecule has 0 heterocycles. The van der Waals surface area contributed by atoms with Gasteiger partial charge < -0.3 is 0 Å². The van der Waals surface area contributed by atoms with Crippen LogP contribution in [0.1, 0.15) is 6.92 Å². The molecular weight excluding hydrogens is 106 g/mol. The summed E-state index contributed by atoms with van der Waals surface area (Å²) >= 11 is 1.10. The third-order valence-corrected chi connectivity index (χ3v) is 1.06. The third kappa shape index (κ3) is 3.22. The molecule has 0 radical (unpaired) electrons. The monoisotopic (exact) mass is 111 g/mol. The first-order valence-electron chi connectivity index (χ1n) is 1.82. The van der Waals surface area contributed by atoms with Gasteiger partial charge in [-0.05, 0) is 18.7 Å². The second-order valence-corrected chi connectivity index (χ2v) is 2.14. The van der Waals surface area contributed by atoms with Crippen molar-refractivity contribution in [1.82, 2.24) is 0 Å². The van der Waals surface area contributed by atoms with E-state index in [1.165, 1.54) is 0 Å². The largest absolute Gasteiger partial charge is 0.185 e. The van der Waals surface area contributed by atoms with E-state index in [1.807, 2.05) is 12.3 Å². The Morgan fingerprint density at radius 2 is 2.43 bits per heavy atom. The van der Waals surface area contributed by atoms with Crippen LogP contribution in [-0.2, 0) is 0 Å². The Kier molecular flexibility index (Phi) is 3.28. The van der Waals surface area contributed by atoms with Crippen LogP contribution in [0.5, 0.6) is 0 Å². The lowest BCUT2D eigenvalue weighted by molar-refractivity contribution is 1.31. The van der Waals surface area contributed by atoms with Crippen molar-refractivity contribution in [2.24, 2.45) is 0 Å². The zero-order valence-corrected chi connectivity index (χ0v) is 4.83. The smallest absolute Gasteiger partial charge is 0.134 e. The first-order chi connectivity index (χ1) is 3.31.